The number of ether oxygens (including phenoxy) is 3. The molecule has 2 aromatic rings. The Morgan fingerprint density at radius 3 is 2.46 bits per heavy atom. The van der Waals surface area contributed by atoms with E-state index in [2.05, 4.69) is 5.32 Å². The topological polar surface area (TPSA) is 151 Å². The molecular weight excluding hydrogens is 667 g/mol. The molecule has 7 rings (SSSR count). The number of fused-ring (bicyclic) bond motifs is 7. The van der Waals surface area contributed by atoms with E-state index < -0.39 is 54.3 Å². The van der Waals surface area contributed by atoms with Gasteiger partial charge in [0.1, 0.15) is 12.1 Å². The van der Waals surface area contributed by atoms with Crippen LogP contribution in [0.2, 0.25) is 0 Å². The third-order valence-corrected chi connectivity index (χ3v) is 12.4. The average molecular weight is 723 g/mol. The summed E-state index contributed by atoms with van der Waals surface area (Å²) in [5.41, 5.74) is -0.760. The molecule has 2 bridgehead atoms. The van der Waals surface area contributed by atoms with E-state index in [1.807, 2.05) is 60.6 Å². The number of rotatable bonds is 2. The predicted molar refractivity (Wildman–Crippen MR) is 194 cm³/mol. The number of aliphatic hydroxyl groups excluding tert-OH is 1. The first kappa shape index (κ1) is 37.3. The van der Waals surface area contributed by atoms with Crippen LogP contribution in [0, 0.1) is 23.2 Å². The van der Waals surface area contributed by atoms with Crippen LogP contribution >= 0.6 is 0 Å². The van der Waals surface area contributed by atoms with Crippen molar-refractivity contribution in [3.05, 3.63) is 28.6 Å². The van der Waals surface area contributed by atoms with Gasteiger partial charge >= 0.3 is 13.1 Å². The number of nitrogens with one attached hydrogen (secondary N) is 1. The Morgan fingerprint density at radius 1 is 1.04 bits per heavy atom. The molecule has 1 amide bonds. The standard InChI is InChI=1S/C38H55BN4O9/c1-36(2,3)30-32(45)43-20-23(19-28(43)33(46)48-8)49-34-40-27-18-22(39-51-37(4,5)38(6,7)52-39)13-14-25(27)31(44)42(34)15-11-9-10-12-24-26-16-21(26)17-29(24)50-35(47)41-30/h13-14,18,21,23-24,26,28-30,35,41,47H,9-12,15-17,19-20H2,1-8H3/t21-,23+,24+,26-,28-,29+,30+,35?/m0/s1. The molecule has 0 spiro atoms. The van der Waals surface area contributed by atoms with Crippen molar-refractivity contribution in [1.29, 1.82) is 0 Å². The van der Waals surface area contributed by atoms with Crippen LogP contribution in [-0.2, 0) is 34.9 Å². The van der Waals surface area contributed by atoms with Crippen molar-refractivity contribution in [2.24, 2.45) is 23.2 Å². The van der Waals surface area contributed by atoms with Gasteiger partial charge in [-0.1, -0.05) is 39.7 Å². The second-order valence-corrected chi connectivity index (χ2v) is 17.6. The van der Waals surface area contributed by atoms with Crippen LogP contribution in [0.1, 0.15) is 93.4 Å². The number of hydrogen-bond acceptors (Lipinski definition) is 11. The van der Waals surface area contributed by atoms with Crippen molar-refractivity contribution in [3.63, 3.8) is 0 Å². The summed E-state index contributed by atoms with van der Waals surface area (Å²) < 4.78 is 32.1. The molecule has 1 aromatic heterocycles. The van der Waals surface area contributed by atoms with E-state index in [9.17, 15) is 19.5 Å². The van der Waals surface area contributed by atoms with Crippen LogP contribution < -0.4 is 21.1 Å². The summed E-state index contributed by atoms with van der Waals surface area (Å²) in [4.78, 5) is 48.1. The van der Waals surface area contributed by atoms with Gasteiger partial charge in [-0.2, -0.15) is 4.98 Å². The van der Waals surface area contributed by atoms with Gasteiger partial charge in [0.05, 0.1) is 47.9 Å². The molecule has 284 valence electrons. The summed E-state index contributed by atoms with van der Waals surface area (Å²) in [6.45, 7) is 14.1. The molecule has 2 saturated heterocycles. The number of nitrogens with zero attached hydrogens (tertiary/aromatic N) is 3. The van der Waals surface area contributed by atoms with Crippen molar-refractivity contribution in [2.45, 2.75) is 142 Å². The Labute approximate surface area is 306 Å². The number of aliphatic hydroxyl groups is 1. The molecule has 2 N–H and O–H groups in total. The summed E-state index contributed by atoms with van der Waals surface area (Å²) >= 11 is 0. The third-order valence-electron chi connectivity index (χ3n) is 12.4. The SMILES string of the molecule is COC(=O)[C@@H]1C[C@@H]2CN1C(=O)[C@H](C(C)(C)C)NC(O)O[C@@H]1C[C@@H]3C[C@@H]3[C@H]1CCCCCn1c(nc3cc(B4OC(C)(C)C(C)(C)O4)ccc3c1=O)O2. The molecule has 3 aliphatic heterocycles. The van der Waals surface area contributed by atoms with E-state index >= 15 is 0 Å². The van der Waals surface area contributed by atoms with E-state index in [4.69, 9.17) is 28.5 Å². The Balaban J connectivity index is 1.24. The van der Waals surface area contributed by atoms with Gasteiger partial charge < -0.3 is 33.5 Å². The minimum absolute atomic E-state index is 0.0553. The van der Waals surface area contributed by atoms with E-state index in [-0.39, 0.29) is 36.5 Å². The lowest BCUT2D eigenvalue weighted by molar-refractivity contribution is -0.180. The van der Waals surface area contributed by atoms with Gasteiger partial charge in [0.15, 0.2) is 0 Å². The molecule has 8 atom stereocenters. The molecule has 52 heavy (non-hydrogen) atoms. The first-order valence-electron chi connectivity index (χ1n) is 19.0. The van der Waals surface area contributed by atoms with Crippen LogP contribution in [0.15, 0.2) is 23.0 Å². The van der Waals surface area contributed by atoms with Gasteiger partial charge in [-0.3, -0.25) is 19.5 Å². The summed E-state index contributed by atoms with van der Waals surface area (Å²) in [7, 11) is 0.657. The zero-order valence-corrected chi connectivity index (χ0v) is 31.8. The summed E-state index contributed by atoms with van der Waals surface area (Å²) in [6.07, 6.45) is 3.68. The van der Waals surface area contributed by atoms with Gasteiger partial charge in [-0.25, -0.2) is 4.79 Å². The lowest BCUT2D eigenvalue weighted by Gasteiger charge is -2.37. The number of carbonyl (C=O) groups is 2. The van der Waals surface area contributed by atoms with Crippen LogP contribution in [0.5, 0.6) is 6.01 Å². The molecule has 13 nitrogen and oxygen atoms in total. The number of amides is 1. The van der Waals surface area contributed by atoms with Gasteiger partial charge in [0, 0.05) is 13.0 Å². The molecule has 1 aromatic carbocycles. The molecule has 5 aliphatic rings. The zero-order valence-electron chi connectivity index (χ0n) is 31.8. The highest BCUT2D eigenvalue weighted by Crippen LogP contribution is 2.58. The molecular formula is C38H55BN4O9. The summed E-state index contributed by atoms with van der Waals surface area (Å²) in [5, 5.41) is 14.7. The number of carbonyl (C=O) groups excluding carboxylic acids is 2. The van der Waals surface area contributed by atoms with Crippen molar-refractivity contribution in [3.8, 4) is 6.01 Å². The maximum Gasteiger partial charge on any atom is 0.494 e. The number of aromatic nitrogens is 2. The normalized spacial score (nSPS) is 33.4. The summed E-state index contributed by atoms with van der Waals surface area (Å²) in [5.74, 6) is 0.595. The molecule has 0 radical (unpaired) electrons. The van der Waals surface area contributed by atoms with E-state index in [0.29, 0.717) is 35.2 Å². The monoisotopic (exact) mass is 722 g/mol. The van der Waals surface area contributed by atoms with E-state index in [1.165, 1.54) is 18.4 Å². The predicted octanol–water partition coefficient (Wildman–Crippen LogP) is 3.11. The van der Waals surface area contributed by atoms with Crippen molar-refractivity contribution >= 4 is 35.4 Å². The van der Waals surface area contributed by atoms with Gasteiger partial charge in [-0.05, 0) is 94.1 Å². The molecule has 14 heteroatoms. The number of methoxy groups -OCH3 is 1. The summed E-state index contributed by atoms with van der Waals surface area (Å²) in [6, 6.07) is 3.76. The van der Waals surface area contributed by atoms with Crippen molar-refractivity contribution in [2.75, 3.05) is 13.7 Å². The second-order valence-electron chi connectivity index (χ2n) is 17.6. The largest absolute Gasteiger partial charge is 0.494 e. The number of hydrogen-bond donors (Lipinski definition) is 2. The Kier molecular flexibility index (Phi) is 9.80. The molecule has 4 heterocycles. The fourth-order valence-corrected chi connectivity index (χ4v) is 8.67. The number of esters is 1. The van der Waals surface area contributed by atoms with Crippen LogP contribution in [0.4, 0.5) is 0 Å². The minimum atomic E-state index is -1.35. The second kappa shape index (κ2) is 13.7. The molecule has 1 unspecified atom stereocenters. The lowest BCUT2D eigenvalue weighted by atomic mass is 9.79. The highest BCUT2D eigenvalue weighted by Gasteiger charge is 2.54. The van der Waals surface area contributed by atoms with Gasteiger partial charge in [0.2, 0.25) is 12.3 Å². The minimum Gasteiger partial charge on any atom is -0.467 e. The first-order chi connectivity index (χ1) is 24.5. The highest BCUT2D eigenvalue weighted by atomic mass is 16.7. The lowest BCUT2D eigenvalue weighted by Crippen LogP contribution is -2.58. The fourth-order valence-electron chi connectivity index (χ4n) is 8.67. The van der Waals surface area contributed by atoms with Crippen molar-refractivity contribution < 1.29 is 38.2 Å². The quantitative estimate of drug-likeness (QED) is 0.348. The third kappa shape index (κ3) is 7.01. The van der Waals surface area contributed by atoms with Crippen molar-refractivity contribution in [1.82, 2.24) is 19.8 Å². The average Bonchev–Trinajstić information content (AvgIpc) is 3.45. The number of benzene rings is 1. The Morgan fingerprint density at radius 2 is 1.77 bits per heavy atom. The van der Waals surface area contributed by atoms with Crippen LogP contribution in [0.3, 0.4) is 0 Å². The molecule has 2 aliphatic carbocycles. The van der Waals surface area contributed by atoms with Gasteiger partial charge in [-0.15, -0.1) is 0 Å². The highest BCUT2D eigenvalue weighted by molar-refractivity contribution is 6.62. The fraction of sp³-hybridized carbons (Fsp3) is 0.737. The smallest absolute Gasteiger partial charge is 0.467 e. The van der Waals surface area contributed by atoms with E-state index in [1.54, 1.807) is 10.6 Å². The Bertz CT molecular complexity index is 1740. The molecule has 2 saturated carbocycles. The van der Waals surface area contributed by atoms with Crippen LogP contribution in [-0.4, -0.2) is 94.1 Å². The maximum atomic E-state index is 14.4. The first-order valence-corrected chi connectivity index (χ1v) is 19.0. The Hall–Kier alpha value is -3.04. The van der Waals surface area contributed by atoms with E-state index in [0.717, 1.165) is 37.6 Å². The zero-order chi connectivity index (χ0) is 37.3. The van der Waals surface area contributed by atoms with Gasteiger partial charge in [0.25, 0.3) is 11.6 Å². The molecule has 4 fully saturated rings. The maximum absolute atomic E-state index is 14.4. The van der Waals surface area contributed by atoms with Crippen LogP contribution in [0.25, 0.3) is 10.9 Å².